The molecule has 3 heterocycles. The number of hydrogen-bond donors (Lipinski definition) is 2. The van der Waals surface area contributed by atoms with E-state index in [1.54, 1.807) is 10.8 Å². The number of nitrogens with one attached hydrogen (secondary N) is 1. The van der Waals surface area contributed by atoms with Gasteiger partial charge in [-0.05, 0) is 60.7 Å². The minimum absolute atomic E-state index is 0.0555. The SMILES string of the molecule is Cc1cc(-c2cccc3cc([C@@H](C)Nc4nc(N)ncc4C#N)n(-c4ccccc4)c(=O)c23)ccn1. The summed E-state index contributed by atoms with van der Waals surface area (Å²) in [7, 11) is 0. The fraction of sp³-hybridized carbons (Fsp3) is 0.107. The van der Waals surface area contributed by atoms with E-state index in [1.165, 1.54) is 6.20 Å². The quantitative estimate of drug-likeness (QED) is 0.377. The number of nitriles is 1. The van der Waals surface area contributed by atoms with E-state index < -0.39 is 6.04 Å². The lowest BCUT2D eigenvalue weighted by atomic mass is 9.98. The summed E-state index contributed by atoms with van der Waals surface area (Å²) in [6.45, 7) is 3.84. The van der Waals surface area contributed by atoms with Crippen molar-refractivity contribution in [1.82, 2.24) is 19.5 Å². The molecule has 36 heavy (non-hydrogen) atoms. The fourth-order valence-corrected chi connectivity index (χ4v) is 4.36. The highest BCUT2D eigenvalue weighted by Crippen LogP contribution is 2.30. The van der Waals surface area contributed by atoms with Crippen molar-refractivity contribution in [3.63, 3.8) is 0 Å². The van der Waals surface area contributed by atoms with Gasteiger partial charge < -0.3 is 11.1 Å². The molecule has 8 nitrogen and oxygen atoms in total. The van der Waals surface area contributed by atoms with Crippen LogP contribution in [0, 0.1) is 18.3 Å². The lowest BCUT2D eigenvalue weighted by Crippen LogP contribution is -2.26. The molecule has 0 aliphatic carbocycles. The van der Waals surface area contributed by atoms with E-state index >= 15 is 0 Å². The van der Waals surface area contributed by atoms with Gasteiger partial charge in [-0.15, -0.1) is 0 Å². The molecule has 0 radical (unpaired) electrons. The molecule has 0 fully saturated rings. The first-order valence-corrected chi connectivity index (χ1v) is 11.4. The van der Waals surface area contributed by atoms with E-state index in [4.69, 9.17) is 5.73 Å². The van der Waals surface area contributed by atoms with E-state index in [0.717, 1.165) is 27.9 Å². The molecule has 3 N–H and O–H groups in total. The van der Waals surface area contributed by atoms with E-state index in [1.807, 2.05) is 80.6 Å². The highest BCUT2D eigenvalue weighted by atomic mass is 16.1. The van der Waals surface area contributed by atoms with Crippen molar-refractivity contribution in [1.29, 1.82) is 5.26 Å². The minimum atomic E-state index is -0.393. The molecular formula is C28H23N7O. The van der Waals surface area contributed by atoms with Crippen LogP contribution in [-0.2, 0) is 0 Å². The largest absolute Gasteiger partial charge is 0.368 e. The molecule has 0 bridgehead atoms. The Balaban J connectivity index is 1.75. The van der Waals surface area contributed by atoms with E-state index in [-0.39, 0.29) is 17.1 Å². The molecule has 2 aromatic carbocycles. The number of nitrogens with zero attached hydrogens (tertiary/aromatic N) is 5. The second-order valence-electron chi connectivity index (χ2n) is 8.47. The molecule has 1 atom stereocenters. The number of aromatic nitrogens is 4. The summed E-state index contributed by atoms with van der Waals surface area (Å²) in [5.41, 5.74) is 9.98. The predicted octanol–water partition coefficient (Wildman–Crippen LogP) is 4.78. The van der Waals surface area contributed by atoms with Crippen molar-refractivity contribution in [3.05, 3.63) is 106 Å². The van der Waals surface area contributed by atoms with Crippen LogP contribution in [-0.4, -0.2) is 19.5 Å². The topological polar surface area (TPSA) is 123 Å². The number of hydrogen-bond acceptors (Lipinski definition) is 7. The molecular weight excluding hydrogens is 450 g/mol. The van der Waals surface area contributed by atoms with Crippen molar-refractivity contribution in [2.45, 2.75) is 19.9 Å². The van der Waals surface area contributed by atoms with Gasteiger partial charge >= 0.3 is 0 Å². The van der Waals surface area contributed by atoms with E-state index in [0.29, 0.717) is 16.9 Å². The minimum Gasteiger partial charge on any atom is -0.368 e. The molecule has 0 aliphatic rings. The van der Waals surface area contributed by atoms with Gasteiger partial charge in [0, 0.05) is 23.3 Å². The zero-order chi connectivity index (χ0) is 25.2. The molecule has 0 amide bonds. The van der Waals surface area contributed by atoms with E-state index in [9.17, 15) is 10.1 Å². The molecule has 5 aromatic rings. The van der Waals surface area contributed by atoms with Gasteiger partial charge in [0.1, 0.15) is 17.5 Å². The molecule has 5 rings (SSSR count). The number of fused-ring (bicyclic) bond motifs is 1. The van der Waals surface area contributed by atoms with Crippen LogP contribution < -0.4 is 16.6 Å². The maximum absolute atomic E-state index is 14.2. The first kappa shape index (κ1) is 22.7. The number of benzene rings is 2. The number of nitrogen functional groups attached to an aromatic ring is 1. The van der Waals surface area contributed by atoms with E-state index in [2.05, 4.69) is 26.3 Å². The van der Waals surface area contributed by atoms with Gasteiger partial charge in [-0.2, -0.15) is 10.2 Å². The summed E-state index contributed by atoms with van der Waals surface area (Å²) in [6.07, 6.45) is 3.13. The molecule has 8 heteroatoms. The third-order valence-electron chi connectivity index (χ3n) is 6.02. The van der Waals surface area contributed by atoms with Gasteiger partial charge in [0.2, 0.25) is 5.95 Å². The lowest BCUT2D eigenvalue weighted by molar-refractivity contribution is 0.772. The normalized spacial score (nSPS) is 11.7. The van der Waals surface area contributed by atoms with Crippen LogP contribution in [0.2, 0.25) is 0 Å². The summed E-state index contributed by atoms with van der Waals surface area (Å²) in [5.74, 6) is 0.366. The second kappa shape index (κ2) is 9.31. The molecule has 0 unspecified atom stereocenters. The Bertz CT molecular complexity index is 1690. The standard InChI is InChI=1S/C28H23N7O/c1-17-13-19(11-12-31-17)23-10-6-7-20-14-24(18(2)33-26-21(15-29)16-32-28(30)34-26)35(27(36)25(20)23)22-8-4-3-5-9-22/h3-14,16,18H,1-2H3,(H3,30,32,33,34)/t18-/m1/s1. The summed E-state index contributed by atoms with van der Waals surface area (Å²) >= 11 is 0. The predicted molar refractivity (Wildman–Crippen MR) is 141 cm³/mol. The van der Waals surface area contributed by atoms with Gasteiger partial charge in [0.25, 0.3) is 5.56 Å². The maximum Gasteiger partial charge on any atom is 0.263 e. The average Bonchev–Trinajstić information content (AvgIpc) is 2.89. The summed E-state index contributed by atoms with van der Waals surface area (Å²) in [4.78, 5) is 26.6. The number of aryl methyl sites for hydroxylation is 1. The monoisotopic (exact) mass is 473 g/mol. The molecule has 0 spiro atoms. The van der Waals surface area contributed by atoms with Gasteiger partial charge in [-0.3, -0.25) is 14.3 Å². The molecule has 176 valence electrons. The second-order valence-corrected chi connectivity index (χ2v) is 8.47. The van der Waals surface area contributed by atoms with Crippen LogP contribution in [0.3, 0.4) is 0 Å². The van der Waals surface area contributed by atoms with Crippen molar-refractivity contribution < 1.29 is 0 Å². The van der Waals surface area contributed by atoms with Crippen molar-refractivity contribution >= 4 is 22.5 Å². The molecule has 3 aromatic heterocycles. The molecule has 0 saturated heterocycles. The van der Waals surface area contributed by atoms with Crippen molar-refractivity contribution in [2.24, 2.45) is 0 Å². The molecule has 0 aliphatic heterocycles. The van der Waals surface area contributed by atoms with Crippen molar-refractivity contribution in [2.75, 3.05) is 11.1 Å². The van der Waals surface area contributed by atoms with Gasteiger partial charge in [-0.25, -0.2) is 4.98 Å². The Labute approximate surface area is 207 Å². The van der Waals surface area contributed by atoms with Gasteiger partial charge in [0.15, 0.2) is 0 Å². The first-order valence-electron chi connectivity index (χ1n) is 11.4. The number of para-hydroxylation sites is 1. The average molecular weight is 474 g/mol. The third-order valence-corrected chi connectivity index (χ3v) is 6.02. The summed E-state index contributed by atoms with van der Waals surface area (Å²) in [6, 6.07) is 22.9. The number of rotatable bonds is 5. The summed E-state index contributed by atoms with van der Waals surface area (Å²) in [5, 5.41) is 14.2. The smallest absolute Gasteiger partial charge is 0.263 e. The molecule has 0 saturated carbocycles. The van der Waals surface area contributed by atoms with Gasteiger partial charge in [-0.1, -0.05) is 36.4 Å². The van der Waals surface area contributed by atoms with Crippen LogP contribution in [0.25, 0.3) is 27.6 Å². The zero-order valence-corrected chi connectivity index (χ0v) is 19.8. The Morgan fingerprint density at radius 3 is 2.61 bits per heavy atom. The Morgan fingerprint density at radius 2 is 1.86 bits per heavy atom. The van der Waals surface area contributed by atoms with Crippen LogP contribution in [0.15, 0.2) is 83.9 Å². The maximum atomic E-state index is 14.2. The number of pyridine rings is 2. The van der Waals surface area contributed by atoms with Crippen LogP contribution in [0.1, 0.15) is 29.9 Å². The van der Waals surface area contributed by atoms with Crippen LogP contribution in [0.4, 0.5) is 11.8 Å². The highest BCUT2D eigenvalue weighted by molar-refractivity contribution is 5.96. The Hall–Kier alpha value is -5.03. The third kappa shape index (κ3) is 4.14. The highest BCUT2D eigenvalue weighted by Gasteiger charge is 2.20. The number of anilines is 2. The Morgan fingerprint density at radius 1 is 1.06 bits per heavy atom. The zero-order valence-electron chi connectivity index (χ0n) is 19.8. The lowest BCUT2D eigenvalue weighted by Gasteiger charge is -2.22. The fourth-order valence-electron chi connectivity index (χ4n) is 4.36. The van der Waals surface area contributed by atoms with Crippen molar-refractivity contribution in [3.8, 4) is 22.9 Å². The first-order chi connectivity index (χ1) is 17.5. The Kier molecular flexibility index (Phi) is 5.88. The van der Waals surface area contributed by atoms with Gasteiger partial charge in [0.05, 0.1) is 17.6 Å². The summed E-state index contributed by atoms with van der Waals surface area (Å²) < 4.78 is 1.70. The number of nitrogens with two attached hydrogens (primary N) is 1. The van der Waals surface area contributed by atoms with Crippen LogP contribution in [0.5, 0.6) is 0 Å². The van der Waals surface area contributed by atoms with Crippen LogP contribution >= 0.6 is 0 Å².